The number of benzene rings is 1. The summed E-state index contributed by atoms with van der Waals surface area (Å²) in [5.74, 6) is -0.270. The molecule has 0 heterocycles. The van der Waals surface area contributed by atoms with Crippen LogP contribution in [0.4, 0.5) is 11.4 Å². The Morgan fingerprint density at radius 2 is 2.06 bits per heavy atom. The van der Waals surface area contributed by atoms with Gasteiger partial charge in [-0.05, 0) is 32.4 Å². The smallest absolute Gasteiger partial charge is 0.272 e. The van der Waals surface area contributed by atoms with Gasteiger partial charge in [-0.15, -0.1) is 0 Å². The minimum Gasteiger partial charge on any atom is -0.372 e. The number of carbonyl (C=O) groups is 1. The van der Waals surface area contributed by atoms with E-state index in [9.17, 15) is 14.9 Å². The Labute approximate surface area is 105 Å². The number of rotatable bonds is 5. The van der Waals surface area contributed by atoms with Gasteiger partial charge in [0.15, 0.2) is 0 Å². The second kappa shape index (κ2) is 6.11. The molecule has 0 saturated carbocycles. The van der Waals surface area contributed by atoms with Gasteiger partial charge in [0, 0.05) is 23.9 Å². The molecule has 0 aliphatic carbocycles. The van der Waals surface area contributed by atoms with E-state index in [2.05, 4.69) is 5.32 Å². The van der Waals surface area contributed by atoms with Crippen LogP contribution < -0.4 is 5.32 Å². The molecule has 1 rings (SSSR count). The van der Waals surface area contributed by atoms with Crippen molar-refractivity contribution < 1.29 is 14.5 Å². The Morgan fingerprint density at radius 3 is 2.61 bits per heavy atom. The van der Waals surface area contributed by atoms with E-state index >= 15 is 0 Å². The highest BCUT2D eigenvalue weighted by molar-refractivity contribution is 5.92. The SMILES string of the molecule is CCOCC(=O)Nc1cc(C)c([N+](=O)[O-])cc1C. The number of ether oxygens (including phenoxy) is 1. The Kier molecular flexibility index (Phi) is 4.79. The van der Waals surface area contributed by atoms with Crippen LogP contribution in [0.5, 0.6) is 0 Å². The van der Waals surface area contributed by atoms with Gasteiger partial charge in [-0.25, -0.2) is 0 Å². The molecule has 98 valence electrons. The van der Waals surface area contributed by atoms with Crippen LogP contribution in [0.15, 0.2) is 12.1 Å². The molecule has 0 unspecified atom stereocenters. The summed E-state index contributed by atoms with van der Waals surface area (Å²) in [4.78, 5) is 21.8. The van der Waals surface area contributed by atoms with Crippen molar-refractivity contribution in [1.82, 2.24) is 0 Å². The third-order valence-corrected chi connectivity index (χ3v) is 2.45. The van der Waals surface area contributed by atoms with Gasteiger partial charge in [-0.2, -0.15) is 0 Å². The normalized spacial score (nSPS) is 10.2. The van der Waals surface area contributed by atoms with Crippen LogP contribution in [0.3, 0.4) is 0 Å². The molecule has 0 aromatic heterocycles. The van der Waals surface area contributed by atoms with Crippen molar-refractivity contribution in [2.45, 2.75) is 20.8 Å². The molecular weight excluding hydrogens is 236 g/mol. The van der Waals surface area contributed by atoms with E-state index in [1.165, 1.54) is 6.07 Å². The average Bonchev–Trinajstić information content (AvgIpc) is 2.30. The van der Waals surface area contributed by atoms with E-state index in [4.69, 9.17) is 4.74 Å². The molecule has 18 heavy (non-hydrogen) atoms. The van der Waals surface area contributed by atoms with Crippen LogP contribution in [-0.2, 0) is 9.53 Å². The number of aryl methyl sites for hydroxylation is 2. The lowest BCUT2D eigenvalue weighted by atomic mass is 10.1. The summed E-state index contributed by atoms with van der Waals surface area (Å²) in [7, 11) is 0. The van der Waals surface area contributed by atoms with Crippen molar-refractivity contribution in [3.63, 3.8) is 0 Å². The van der Waals surface area contributed by atoms with E-state index < -0.39 is 4.92 Å². The highest BCUT2D eigenvalue weighted by atomic mass is 16.6. The molecule has 0 radical (unpaired) electrons. The van der Waals surface area contributed by atoms with Crippen molar-refractivity contribution in [3.8, 4) is 0 Å². The standard InChI is InChI=1S/C12H16N2O4/c1-4-18-7-12(15)13-10-5-9(3)11(14(16)17)6-8(10)2/h5-6H,4,7H2,1-3H3,(H,13,15). The summed E-state index contributed by atoms with van der Waals surface area (Å²) in [5, 5.41) is 13.4. The maximum atomic E-state index is 11.5. The quantitative estimate of drug-likeness (QED) is 0.643. The highest BCUT2D eigenvalue weighted by Crippen LogP contribution is 2.25. The minimum absolute atomic E-state index is 0.0219. The van der Waals surface area contributed by atoms with Crippen molar-refractivity contribution in [1.29, 1.82) is 0 Å². The summed E-state index contributed by atoms with van der Waals surface area (Å²) >= 11 is 0. The first-order valence-electron chi connectivity index (χ1n) is 5.59. The lowest BCUT2D eigenvalue weighted by Crippen LogP contribution is -2.19. The van der Waals surface area contributed by atoms with Crippen LogP contribution in [0.25, 0.3) is 0 Å². The van der Waals surface area contributed by atoms with E-state index in [1.807, 2.05) is 0 Å². The second-order valence-electron chi connectivity index (χ2n) is 3.90. The van der Waals surface area contributed by atoms with E-state index in [0.29, 0.717) is 23.4 Å². The van der Waals surface area contributed by atoms with Crippen molar-refractivity contribution in [3.05, 3.63) is 33.4 Å². The number of hydrogen-bond acceptors (Lipinski definition) is 4. The summed E-state index contributed by atoms with van der Waals surface area (Å²) in [5.41, 5.74) is 1.78. The van der Waals surface area contributed by atoms with Gasteiger partial charge < -0.3 is 10.1 Å². The Hall–Kier alpha value is -1.95. The molecule has 0 bridgehead atoms. The van der Waals surface area contributed by atoms with Crippen molar-refractivity contribution in [2.24, 2.45) is 0 Å². The van der Waals surface area contributed by atoms with Crippen molar-refractivity contribution >= 4 is 17.3 Å². The van der Waals surface area contributed by atoms with Crippen LogP contribution in [0, 0.1) is 24.0 Å². The molecule has 1 aromatic carbocycles. The molecule has 1 amide bonds. The van der Waals surface area contributed by atoms with Gasteiger partial charge in [0.05, 0.1) is 4.92 Å². The number of nitrogens with zero attached hydrogens (tertiary/aromatic N) is 1. The fraction of sp³-hybridized carbons (Fsp3) is 0.417. The van der Waals surface area contributed by atoms with Gasteiger partial charge >= 0.3 is 0 Å². The molecule has 0 fully saturated rings. The van der Waals surface area contributed by atoms with Crippen molar-refractivity contribution in [2.75, 3.05) is 18.5 Å². The predicted molar refractivity (Wildman–Crippen MR) is 67.7 cm³/mol. The fourth-order valence-electron chi connectivity index (χ4n) is 1.51. The first-order valence-corrected chi connectivity index (χ1v) is 5.59. The number of hydrogen-bond donors (Lipinski definition) is 1. The maximum Gasteiger partial charge on any atom is 0.272 e. The van der Waals surface area contributed by atoms with Crippen LogP contribution in [0.1, 0.15) is 18.1 Å². The number of nitrogens with one attached hydrogen (secondary N) is 1. The van der Waals surface area contributed by atoms with Gasteiger partial charge in [-0.1, -0.05) is 0 Å². The first-order chi connectivity index (χ1) is 8.45. The molecular formula is C12H16N2O4. The van der Waals surface area contributed by atoms with E-state index in [0.717, 1.165) is 0 Å². The second-order valence-corrected chi connectivity index (χ2v) is 3.90. The largest absolute Gasteiger partial charge is 0.372 e. The maximum absolute atomic E-state index is 11.5. The Morgan fingerprint density at radius 1 is 1.39 bits per heavy atom. The third kappa shape index (κ3) is 3.53. The first kappa shape index (κ1) is 14.1. The molecule has 1 N–H and O–H groups in total. The number of nitro groups is 1. The number of anilines is 1. The number of amides is 1. The van der Waals surface area contributed by atoms with E-state index in [1.54, 1.807) is 26.8 Å². The molecule has 0 atom stereocenters. The molecule has 6 nitrogen and oxygen atoms in total. The van der Waals surface area contributed by atoms with Gasteiger partial charge in [0.2, 0.25) is 5.91 Å². The van der Waals surface area contributed by atoms with Crippen LogP contribution in [0.2, 0.25) is 0 Å². The molecule has 0 spiro atoms. The Balaban J connectivity index is 2.88. The zero-order chi connectivity index (χ0) is 13.7. The summed E-state index contributed by atoms with van der Waals surface area (Å²) in [6.45, 7) is 5.59. The van der Waals surface area contributed by atoms with E-state index in [-0.39, 0.29) is 18.2 Å². The van der Waals surface area contributed by atoms with Gasteiger partial charge in [0.1, 0.15) is 6.61 Å². The zero-order valence-electron chi connectivity index (χ0n) is 10.6. The molecule has 0 saturated heterocycles. The molecule has 0 aliphatic heterocycles. The zero-order valence-corrected chi connectivity index (χ0v) is 10.6. The van der Waals surface area contributed by atoms with Crippen LogP contribution in [-0.4, -0.2) is 24.0 Å². The lowest BCUT2D eigenvalue weighted by molar-refractivity contribution is -0.385. The average molecular weight is 252 g/mol. The summed E-state index contributed by atoms with van der Waals surface area (Å²) in [6.07, 6.45) is 0. The predicted octanol–water partition coefficient (Wildman–Crippen LogP) is 2.19. The topological polar surface area (TPSA) is 81.5 Å². The summed E-state index contributed by atoms with van der Waals surface area (Å²) in [6, 6.07) is 3.04. The lowest BCUT2D eigenvalue weighted by Gasteiger charge is -2.09. The molecule has 0 aliphatic rings. The van der Waals surface area contributed by atoms with Crippen LogP contribution >= 0.6 is 0 Å². The highest BCUT2D eigenvalue weighted by Gasteiger charge is 2.14. The monoisotopic (exact) mass is 252 g/mol. The van der Waals surface area contributed by atoms with Gasteiger partial charge in [0.25, 0.3) is 5.69 Å². The third-order valence-electron chi connectivity index (χ3n) is 2.45. The molecule has 6 heteroatoms. The molecule has 1 aromatic rings. The number of carbonyl (C=O) groups excluding carboxylic acids is 1. The van der Waals surface area contributed by atoms with Gasteiger partial charge in [-0.3, -0.25) is 14.9 Å². The fourth-order valence-corrected chi connectivity index (χ4v) is 1.51. The Bertz CT molecular complexity index is 471. The number of nitro benzene ring substituents is 1. The summed E-state index contributed by atoms with van der Waals surface area (Å²) < 4.78 is 4.98. The minimum atomic E-state index is -0.436.